The van der Waals surface area contributed by atoms with Gasteiger partial charge in [-0.3, -0.25) is 0 Å². The van der Waals surface area contributed by atoms with Crippen LogP contribution in [0, 0.1) is 78.7 Å². The van der Waals surface area contributed by atoms with Crippen LogP contribution in [0.2, 0.25) is 0 Å². The van der Waals surface area contributed by atoms with Crippen molar-refractivity contribution in [3.63, 3.8) is 0 Å². The summed E-state index contributed by atoms with van der Waals surface area (Å²) in [6, 6.07) is 8.44. The summed E-state index contributed by atoms with van der Waals surface area (Å²) in [4.78, 5) is 5.00. The third-order valence-electron chi connectivity index (χ3n) is 10.2. The maximum absolute atomic E-state index is 16.3. The summed E-state index contributed by atoms with van der Waals surface area (Å²) in [6.07, 6.45) is 8.94. The summed E-state index contributed by atoms with van der Waals surface area (Å²) < 4.78 is 63.8. The summed E-state index contributed by atoms with van der Waals surface area (Å²) in [5.74, 6) is -6.15. The topological polar surface area (TPSA) is 17.3 Å². The fourth-order valence-corrected chi connectivity index (χ4v) is 7.70. The quantitative estimate of drug-likeness (QED) is 0.0759. The highest BCUT2D eigenvalue weighted by Gasteiger charge is 2.33. The van der Waals surface area contributed by atoms with Crippen molar-refractivity contribution in [1.29, 1.82) is 0 Å². The molecule has 0 bridgehead atoms. The van der Waals surface area contributed by atoms with E-state index in [1.54, 1.807) is 0 Å². The number of rotatable bonds is 8. The predicted octanol–water partition coefficient (Wildman–Crippen LogP) is 11.8. The minimum Gasteiger partial charge on any atom is -0.397 e. The maximum atomic E-state index is 16.3. The van der Waals surface area contributed by atoms with Crippen LogP contribution in [-0.2, 0) is 6.42 Å². The first-order chi connectivity index (χ1) is 24.0. The number of aliphatic imine (C=N–C) groups is 1. The summed E-state index contributed by atoms with van der Waals surface area (Å²) >= 11 is 0. The highest BCUT2D eigenvalue weighted by atomic mass is 19.2. The Hall–Kier alpha value is -4.65. The fraction of sp³-hybridized carbons (Fsp3) is 0.295. The van der Waals surface area contributed by atoms with E-state index >= 15 is 13.2 Å². The van der Waals surface area contributed by atoms with E-state index in [-0.39, 0.29) is 17.0 Å². The van der Waals surface area contributed by atoms with E-state index in [0.717, 1.165) is 62.6 Å². The molecular formula is C44H45BF4N2. The highest BCUT2D eigenvalue weighted by Crippen LogP contribution is 2.43. The zero-order chi connectivity index (χ0) is 37.6. The normalized spacial score (nSPS) is 14.5. The van der Waals surface area contributed by atoms with E-state index < -0.39 is 34.4 Å². The van der Waals surface area contributed by atoms with E-state index in [1.165, 1.54) is 4.48 Å². The van der Waals surface area contributed by atoms with Crippen molar-refractivity contribution in [2.24, 2.45) is 4.99 Å². The number of aromatic nitrogens is 1. The molecule has 5 rings (SSSR count). The van der Waals surface area contributed by atoms with Gasteiger partial charge in [-0.2, -0.15) is 0 Å². The lowest BCUT2D eigenvalue weighted by atomic mass is 9.90. The van der Waals surface area contributed by atoms with Crippen LogP contribution >= 0.6 is 0 Å². The van der Waals surface area contributed by atoms with Crippen molar-refractivity contribution in [3.8, 4) is 0 Å². The molecule has 3 aromatic carbocycles. The summed E-state index contributed by atoms with van der Waals surface area (Å²) in [6.45, 7) is 21.0. The molecule has 1 aliphatic rings. The predicted molar refractivity (Wildman–Crippen MR) is 206 cm³/mol. The van der Waals surface area contributed by atoms with Crippen LogP contribution < -0.4 is 0 Å². The second kappa shape index (κ2) is 14.5. The Morgan fingerprint density at radius 2 is 1.16 bits per heavy atom. The van der Waals surface area contributed by atoms with Crippen molar-refractivity contribution in [2.45, 2.75) is 89.0 Å². The van der Waals surface area contributed by atoms with Gasteiger partial charge in [-0.05, 0) is 143 Å². The number of hydrogen-bond donors (Lipinski definition) is 0. The molecule has 4 aromatic rings. The van der Waals surface area contributed by atoms with E-state index in [9.17, 15) is 4.39 Å². The number of aryl methyl sites for hydroxylation is 6. The molecular weight excluding hydrogens is 643 g/mol. The van der Waals surface area contributed by atoms with E-state index in [0.29, 0.717) is 35.4 Å². The van der Waals surface area contributed by atoms with Crippen LogP contribution in [0.25, 0.3) is 23.8 Å². The van der Waals surface area contributed by atoms with Crippen molar-refractivity contribution < 1.29 is 17.6 Å². The Bertz CT molecular complexity index is 2180. The molecule has 2 heterocycles. The number of hydrogen-bond acceptors (Lipinski definition) is 1. The Kier molecular flexibility index (Phi) is 10.7. The van der Waals surface area contributed by atoms with Crippen molar-refractivity contribution in [1.82, 2.24) is 4.48 Å². The van der Waals surface area contributed by atoms with Gasteiger partial charge < -0.3 is 4.48 Å². The molecule has 0 N–H and O–H groups in total. The molecule has 0 unspecified atom stereocenters. The van der Waals surface area contributed by atoms with E-state index in [4.69, 9.17) is 13.0 Å². The van der Waals surface area contributed by atoms with Crippen LogP contribution in [0.1, 0.15) is 105 Å². The molecule has 0 fully saturated rings. The standard InChI is InChI=1S/C44H45BF4N2/c1-12-31-28(9)43(50-35(31)16-14-33-24(5)18-22(3)19-25(33)6)38(37-39(46)30(11)40(47)42(49)41(37)48)44-29(10)32(13-2)36(51(44)45)17-15-34-26(7)20-23(4)21-27(34)8/h14-21H,12-13H2,1-11H3/b16-14+,17-15+,43-38-. The Labute approximate surface area is 301 Å². The van der Waals surface area contributed by atoms with Crippen molar-refractivity contribution >= 4 is 37.5 Å². The summed E-state index contributed by atoms with van der Waals surface area (Å²) in [7, 11) is 6.92. The van der Waals surface area contributed by atoms with Crippen LogP contribution in [0.4, 0.5) is 17.6 Å². The van der Waals surface area contributed by atoms with Gasteiger partial charge in [0.15, 0.2) is 17.5 Å². The van der Waals surface area contributed by atoms with E-state index in [1.807, 2.05) is 72.8 Å². The average Bonchev–Trinajstić information content (AvgIpc) is 3.50. The fourth-order valence-electron chi connectivity index (χ4n) is 7.70. The smallest absolute Gasteiger partial charge is 0.234 e. The molecule has 0 saturated carbocycles. The first-order valence-electron chi connectivity index (χ1n) is 17.4. The number of allylic oxidation sites excluding steroid dienone is 3. The van der Waals surface area contributed by atoms with Gasteiger partial charge in [0.05, 0.1) is 17.0 Å². The monoisotopic (exact) mass is 688 g/mol. The molecule has 262 valence electrons. The Balaban J connectivity index is 1.86. The highest BCUT2D eigenvalue weighted by molar-refractivity contribution is 6.16. The van der Waals surface area contributed by atoms with Gasteiger partial charge in [-0.25, -0.2) is 22.6 Å². The molecule has 0 spiro atoms. The Morgan fingerprint density at radius 3 is 1.65 bits per heavy atom. The van der Waals surface area contributed by atoms with Gasteiger partial charge in [-0.15, -0.1) is 0 Å². The first kappa shape index (κ1) is 37.6. The lowest BCUT2D eigenvalue weighted by molar-refractivity contribution is 0.426. The molecule has 0 amide bonds. The van der Waals surface area contributed by atoms with Gasteiger partial charge in [0.2, 0.25) is 7.98 Å². The number of halogens is 4. The molecule has 1 aromatic heterocycles. The summed E-state index contributed by atoms with van der Waals surface area (Å²) in [5.41, 5.74) is 12.3. The van der Waals surface area contributed by atoms with Crippen LogP contribution in [0.15, 0.2) is 52.2 Å². The molecule has 1 aliphatic heterocycles. The zero-order valence-corrected chi connectivity index (χ0v) is 31.5. The molecule has 0 aliphatic carbocycles. The van der Waals surface area contributed by atoms with E-state index in [2.05, 4.69) is 45.0 Å². The first-order valence-corrected chi connectivity index (χ1v) is 17.4. The van der Waals surface area contributed by atoms with Crippen LogP contribution in [0.3, 0.4) is 0 Å². The minimum absolute atomic E-state index is 0.0291. The molecule has 51 heavy (non-hydrogen) atoms. The minimum atomic E-state index is -1.75. The summed E-state index contributed by atoms with van der Waals surface area (Å²) in [5, 5.41) is 0. The molecule has 7 heteroatoms. The third-order valence-corrected chi connectivity index (χ3v) is 10.2. The van der Waals surface area contributed by atoms with Gasteiger partial charge >= 0.3 is 0 Å². The Morgan fingerprint density at radius 1 is 0.647 bits per heavy atom. The third kappa shape index (κ3) is 6.63. The maximum Gasteiger partial charge on any atom is 0.234 e. The number of benzene rings is 3. The zero-order valence-electron chi connectivity index (χ0n) is 31.5. The van der Waals surface area contributed by atoms with Gasteiger partial charge in [0.1, 0.15) is 5.82 Å². The van der Waals surface area contributed by atoms with Crippen molar-refractivity contribution in [2.75, 3.05) is 0 Å². The number of nitrogens with zero attached hydrogens (tertiary/aromatic N) is 2. The van der Waals surface area contributed by atoms with Gasteiger partial charge in [0, 0.05) is 22.5 Å². The van der Waals surface area contributed by atoms with Gasteiger partial charge in [0.25, 0.3) is 0 Å². The van der Waals surface area contributed by atoms with Crippen LogP contribution in [-0.4, -0.2) is 18.2 Å². The second-order valence-corrected chi connectivity index (χ2v) is 13.8. The molecule has 0 atom stereocenters. The van der Waals surface area contributed by atoms with Gasteiger partial charge in [-0.1, -0.05) is 61.4 Å². The molecule has 2 nitrogen and oxygen atoms in total. The lowest BCUT2D eigenvalue weighted by Gasteiger charge is -2.19. The second-order valence-electron chi connectivity index (χ2n) is 13.8. The SMILES string of the molecule is [B]n1c(/C=C/c2c(C)cc(C)cc2C)c(CC)c(C)c1/C(=C1N=C(/C=C/c2c(C)cc(C)cc2C)C(CC)=C\1C)c1c(F)c(C)c(F)c(F)c1F. The molecule has 2 radical (unpaired) electrons. The van der Waals surface area contributed by atoms with Crippen molar-refractivity contribution in [3.05, 3.63) is 149 Å². The average molecular weight is 689 g/mol. The van der Waals surface area contributed by atoms with Crippen LogP contribution in [0.5, 0.6) is 0 Å². The largest absolute Gasteiger partial charge is 0.397 e. The lowest BCUT2D eigenvalue weighted by Crippen LogP contribution is -2.11. The molecule has 0 saturated heterocycles.